The van der Waals surface area contributed by atoms with Crippen LogP contribution in [0.3, 0.4) is 0 Å². The molecule has 6 heteroatoms. The molecular weight excluding hydrogens is 334 g/mol. The Kier molecular flexibility index (Phi) is 5.53. The molecule has 0 unspecified atom stereocenters. The second-order valence-corrected chi connectivity index (χ2v) is 5.36. The smallest absolute Gasteiger partial charge is 0.338 e. The van der Waals surface area contributed by atoms with Gasteiger partial charge in [-0.25, -0.2) is 9.78 Å². The van der Waals surface area contributed by atoms with Crippen LogP contribution in [0.4, 0.5) is 0 Å². The summed E-state index contributed by atoms with van der Waals surface area (Å²) in [6.45, 7) is 2.33. The molecule has 3 rings (SSSR count). The molecule has 0 aliphatic rings. The zero-order chi connectivity index (χ0) is 18.4. The van der Waals surface area contributed by atoms with Crippen molar-refractivity contribution in [1.29, 1.82) is 0 Å². The number of carbonyl (C=O) groups is 1. The Hall–Kier alpha value is -3.28. The van der Waals surface area contributed by atoms with Crippen molar-refractivity contribution < 1.29 is 23.4 Å². The van der Waals surface area contributed by atoms with Crippen LogP contribution in [-0.4, -0.2) is 24.7 Å². The van der Waals surface area contributed by atoms with Crippen molar-refractivity contribution in [2.45, 2.75) is 13.5 Å². The van der Waals surface area contributed by atoms with Gasteiger partial charge in [0.05, 0.1) is 25.5 Å². The van der Waals surface area contributed by atoms with Crippen LogP contribution in [0.5, 0.6) is 11.5 Å². The molecular formula is C20H19NO5. The first kappa shape index (κ1) is 17.5. The monoisotopic (exact) mass is 353 g/mol. The van der Waals surface area contributed by atoms with E-state index in [1.165, 1.54) is 7.11 Å². The fourth-order valence-corrected chi connectivity index (χ4v) is 2.39. The molecule has 0 atom stereocenters. The quantitative estimate of drug-likeness (QED) is 0.596. The van der Waals surface area contributed by atoms with Crippen LogP contribution in [0, 0.1) is 0 Å². The topological polar surface area (TPSA) is 70.8 Å². The Morgan fingerprint density at radius 2 is 1.92 bits per heavy atom. The maximum Gasteiger partial charge on any atom is 0.338 e. The Bertz CT molecular complexity index is 873. The van der Waals surface area contributed by atoms with Gasteiger partial charge in [0.15, 0.2) is 23.9 Å². The van der Waals surface area contributed by atoms with Crippen LogP contribution < -0.4 is 9.47 Å². The summed E-state index contributed by atoms with van der Waals surface area (Å²) in [5.74, 6) is 1.51. The molecule has 0 amide bonds. The van der Waals surface area contributed by atoms with Gasteiger partial charge in [-0.15, -0.1) is 0 Å². The maximum absolute atomic E-state index is 12.2. The lowest BCUT2D eigenvalue weighted by Crippen LogP contribution is -2.06. The number of methoxy groups -OCH3 is 1. The minimum atomic E-state index is -0.495. The molecule has 0 aliphatic heterocycles. The number of hydrogen-bond donors (Lipinski definition) is 0. The van der Waals surface area contributed by atoms with E-state index < -0.39 is 5.97 Å². The van der Waals surface area contributed by atoms with E-state index in [1.54, 1.807) is 24.4 Å². The number of rotatable bonds is 7. The molecule has 0 bridgehead atoms. The highest BCUT2D eigenvalue weighted by molar-refractivity contribution is 5.90. The number of benzene rings is 2. The lowest BCUT2D eigenvalue weighted by atomic mass is 10.2. The standard InChI is InChI=1S/C20H19NO5/c1-3-24-16-10-9-15(11-17(16)23-2)20(22)25-13-19-21-12-18(26-19)14-7-5-4-6-8-14/h4-12H,3,13H2,1-2H3. The van der Waals surface area contributed by atoms with E-state index in [0.717, 1.165) is 5.56 Å². The van der Waals surface area contributed by atoms with Crippen molar-refractivity contribution in [3.8, 4) is 22.8 Å². The highest BCUT2D eigenvalue weighted by atomic mass is 16.5. The Balaban J connectivity index is 1.65. The van der Waals surface area contributed by atoms with Gasteiger partial charge in [0.25, 0.3) is 0 Å². The van der Waals surface area contributed by atoms with E-state index >= 15 is 0 Å². The third-order valence-electron chi connectivity index (χ3n) is 3.64. The number of ether oxygens (including phenoxy) is 3. The number of hydrogen-bond acceptors (Lipinski definition) is 6. The number of aromatic nitrogens is 1. The second-order valence-electron chi connectivity index (χ2n) is 5.36. The molecule has 0 spiro atoms. The molecule has 1 aromatic heterocycles. The second kappa shape index (κ2) is 8.20. The van der Waals surface area contributed by atoms with Crippen molar-refractivity contribution in [2.75, 3.05) is 13.7 Å². The van der Waals surface area contributed by atoms with Crippen molar-refractivity contribution >= 4 is 5.97 Å². The largest absolute Gasteiger partial charge is 0.493 e. The zero-order valence-electron chi connectivity index (χ0n) is 14.6. The number of nitrogens with zero attached hydrogens (tertiary/aromatic N) is 1. The SMILES string of the molecule is CCOc1ccc(C(=O)OCc2ncc(-c3ccccc3)o2)cc1OC. The molecule has 2 aromatic carbocycles. The van der Waals surface area contributed by atoms with Crippen molar-refractivity contribution in [1.82, 2.24) is 4.98 Å². The fourth-order valence-electron chi connectivity index (χ4n) is 2.39. The zero-order valence-corrected chi connectivity index (χ0v) is 14.6. The molecule has 0 aliphatic carbocycles. The molecule has 0 saturated heterocycles. The van der Waals surface area contributed by atoms with E-state index in [-0.39, 0.29) is 6.61 Å². The summed E-state index contributed by atoms with van der Waals surface area (Å²) in [6.07, 6.45) is 1.61. The minimum Gasteiger partial charge on any atom is -0.493 e. The van der Waals surface area contributed by atoms with E-state index in [4.69, 9.17) is 18.6 Å². The van der Waals surface area contributed by atoms with Crippen molar-refractivity contribution in [3.63, 3.8) is 0 Å². The van der Waals surface area contributed by atoms with E-state index in [2.05, 4.69) is 4.98 Å². The molecule has 0 N–H and O–H groups in total. The summed E-state index contributed by atoms with van der Waals surface area (Å²) >= 11 is 0. The van der Waals surface area contributed by atoms with Gasteiger partial charge in [0, 0.05) is 5.56 Å². The average Bonchev–Trinajstić information content (AvgIpc) is 3.16. The van der Waals surface area contributed by atoms with Gasteiger partial charge in [0.1, 0.15) is 0 Å². The van der Waals surface area contributed by atoms with Crippen molar-refractivity contribution in [3.05, 3.63) is 66.2 Å². The first-order valence-corrected chi connectivity index (χ1v) is 8.19. The van der Waals surface area contributed by atoms with Crippen LogP contribution in [0.1, 0.15) is 23.2 Å². The van der Waals surface area contributed by atoms with Gasteiger partial charge in [-0.2, -0.15) is 0 Å². The average molecular weight is 353 g/mol. The summed E-state index contributed by atoms with van der Waals surface area (Å²) < 4.78 is 21.6. The summed E-state index contributed by atoms with van der Waals surface area (Å²) in [5.41, 5.74) is 1.27. The molecule has 6 nitrogen and oxygen atoms in total. The highest BCUT2D eigenvalue weighted by Gasteiger charge is 2.14. The van der Waals surface area contributed by atoms with Crippen LogP contribution >= 0.6 is 0 Å². The molecule has 0 saturated carbocycles. The predicted molar refractivity (Wildman–Crippen MR) is 95.2 cm³/mol. The Morgan fingerprint density at radius 3 is 2.65 bits per heavy atom. The van der Waals surface area contributed by atoms with E-state index in [0.29, 0.717) is 35.3 Å². The predicted octanol–water partition coefficient (Wildman–Crippen LogP) is 4.11. The third-order valence-corrected chi connectivity index (χ3v) is 3.64. The summed E-state index contributed by atoms with van der Waals surface area (Å²) in [4.78, 5) is 16.4. The minimum absolute atomic E-state index is 0.0544. The highest BCUT2D eigenvalue weighted by Crippen LogP contribution is 2.28. The van der Waals surface area contributed by atoms with Gasteiger partial charge in [-0.1, -0.05) is 30.3 Å². The van der Waals surface area contributed by atoms with Gasteiger partial charge in [-0.3, -0.25) is 0 Å². The Labute approximate surface area is 151 Å². The summed E-state index contributed by atoms with van der Waals surface area (Å²) in [5, 5.41) is 0. The van der Waals surface area contributed by atoms with Crippen LogP contribution in [0.15, 0.2) is 59.1 Å². The van der Waals surface area contributed by atoms with Gasteiger partial charge in [-0.05, 0) is 25.1 Å². The van der Waals surface area contributed by atoms with Crippen LogP contribution in [0.2, 0.25) is 0 Å². The summed E-state index contributed by atoms with van der Waals surface area (Å²) in [7, 11) is 1.52. The van der Waals surface area contributed by atoms with E-state index in [1.807, 2.05) is 37.3 Å². The van der Waals surface area contributed by atoms with E-state index in [9.17, 15) is 4.79 Å². The molecule has 134 valence electrons. The van der Waals surface area contributed by atoms with Crippen molar-refractivity contribution in [2.24, 2.45) is 0 Å². The molecule has 0 fully saturated rings. The third kappa shape index (κ3) is 4.03. The van der Waals surface area contributed by atoms with Crippen LogP contribution in [-0.2, 0) is 11.3 Å². The number of esters is 1. The normalized spacial score (nSPS) is 10.4. The maximum atomic E-state index is 12.2. The molecule has 1 heterocycles. The summed E-state index contributed by atoms with van der Waals surface area (Å²) in [6, 6.07) is 14.5. The number of oxazole rings is 1. The van der Waals surface area contributed by atoms with Gasteiger partial charge in [0.2, 0.25) is 5.89 Å². The van der Waals surface area contributed by atoms with Gasteiger partial charge < -0.3 is 18.6 Å². The Morgan fingerprint density at radius 1 is 1.12 bits per heavy atom. The first-order chi connectivity index (χ1) is 12.7. The number of carbonyl (C=O) groups excluding carboxylic acids is 1. The lowest BCUT2D eigenvalue weighted by molar-refractivity contribution is 0.0438. The first-order valence-electron chi connectivity index (χ1n) is 8.19. The molecule has 26 heavy (non-hydrogen) atoms. The van der Waals surface area contributed by atoms with Gasteiger partial charge >= 0.3 is 5.97 Å². The fraction of sp³-hybridized carbons (Fsp3) is 0.200. The van der Waals surface area contributed by atoms with Crippen LogP contribution in [0.25, 0.3) is 11.3 Å². The molecule has 3 aromatic rings. The molecule has 0 radical (unpaired) electrons. The lowest BCUT2D eigenvalue weighted by Gasteiger charge is -2.10.